The third-order valence-corrected chi connectivity index (χ3v) is 5.41. The summed E-state index contributed by atoms with van der Waals surface area (Å²) in [5.41, 5.74) is 2.19. The average Bonchev–Trinajstić information content (AvgIpc) is 3.22. The number of hydrogen-bond donors (Lipinski definition) is 1. The van der Waals surface area contributed by atoms with E-state index in [2.05, 4.69) is 10.3 Å². The maximum absolute atomic E-state index is 13.0. The van der Waals surface area contributed by atoms with Gasteiger partial charge in [0.05, 0.1) is 12.6 Å². The number of amides is 2. The quantitative estimate of drug-likeness (QED) is 0.851. The van der Waals surface area contributed by atoms with Crippen molar-refractivity contribution in [2.45, 2.75) is 18.4 Å². The molecule has 1 aliphatic heterocycles. The van der Waals surface area contributed by atoms with E-state index in [1.54, 1.807) is 41.9 Å². The topological polar surface area (TPSA) is 74.8 Å². The Morgan fingerprint density at radius 3 is 2.63 bits per heavy atom. The smallest absolute Gasteiger partial charge is 0.273 e. The van der Waals surface area contributed by atoms with Gasteiger partial charge in [0.15, 0.2) is 0 Å². The highest BCUT2D eigenvalue weighted by Crippen LogP contribution is 2.30. The van der Waals surface area contributed by atoms with Crippen LogP contribution in [-0.4, -0.2) is 66.4 Å². The van der Waals surface area contributed by atoms with E-state index in [0.717, 1.165) is 11.4 Å². The van der Waals surface area contributed by atoms with Crippen molar-refractivity contribution in [1.29, 1.82) is 0 Å². The van der Waals surface area contributed by atoms with Gasteiger partial charge in [-0.3, -0.25) is 9.59 Å². The second-order valence-corrected chi connectivity index (χ2v) is 7.52. The van der Waals surface area contributed by atoms with Gasteiger partial charge in [-0.15, -0.1) is 11.3 Å². The highest BCUT2D eigenvalue weighted by atomic mass is 32.1. The van der Waals surface area contributed by atoms with Crippen LogP contribution in [0.25, 0.3) is 0 Å². The van der Waals surface area contributed by atoms with Crippen molar-refractivity contribution in [2.75, 3.05) is 39.6 Å². The number of aromatic nitrogens is 1. The van der Waals surface area contributed by atoms with Gasteiger partial charge in [-0.05, 0) is 25.0 Å². The van der Waals surface area contributed by atoms with Crippen LogP contribution in [0.5, 0.6) is 5.75 Å². The molecule has 1 aromatic heterocycles. The van der Waals surface area contributed by atoms with Gasteiger partial charge in [0.1, 0.15) is 17.0 Å². The van der Waals surface area contributed by atoms with Crippen LogP contribution in [0.1, 0.15) is 23.3 Å². The van der Waals surface area contributed by atoms with E-state index in [4.69, 9.17) is 4.74 Å². The van der Waals surface area contributed by atoms with E-state index in [1.807, 2.05) is 24.3 Å². The second kappa shape index (κ2) is 7.96. The Morgan fingerprint density at radius 1 is 1.30 bits per heavy atom. The Labute approximate surface area is 162 Å². The van der Waals surface area contributed by atoms with Crippen LogP contribution in [0, 0.1) is 0 Å². The van der Waals surface area contributed by atoms with Crippen LogP contribution in [0.4, 0.5) is 5.69 Å². The van der Waals surface area contributed by atoms with E-state index in [0.29, 0.717) is 31.6 Å². The third kappa shape index (κ3) is 4.05. The van der Waals surface area contributed by atoms with Crippen LogP contribution >= 0.6 is 11.3 Å². The van der Waals surface area contributed by atoms with E-state index in [-0.39, 0.29) is 11.8 Å². The SMILES string of the molecule is COc1cccc(NC2(C(=O)N(C)C)CCN(C(=O)c3cscn3)CC2)c1. The number of nitrogens with zero attached hydrogens (tertiary/aromatic N) is 3. The van der Waals surface area contributed by atoms with Crippen LogP contribution in [0.2, 0.25) is 0 Å². The Hall–Kier alpha value is -2.61. The number of methoxy groups -OCH3 is 1. The standard InChI is InChI=1S/C19H24N4O3S/c1-22(2)18(25)19(21-14-5-4-6-15(11-14)26-3)7-9-23(10-8-19)17(24)16-12-27-13-20-16/h4-6,11-13,21H,7-10H2,1-3H3. The lowest BCUT2D eigenvalue weighted by atomic mass is 9.85. The summed E-state index contributed by atoms with van der Waals surface area (Å²) in [6.07, 6.45) is 1.05. The number of likely N-dealkylation sites (tertiary alicyclic amines) is 1. The van der Waals surface area contributed by atoms with Gasteiger partial charge in [0.2, 0.25) is 5.91 Å². The van der Waals surface area contributed by atoms with Crippen molar-refractivity contribution < 1.29 is 14.3 Å². The number of ether oxygens (including phenoxy) is 1. The summed E-state index contributed by atoms with van der Waals surface area (Å²) in [6.45, 7) is 0.986. The molecule has 0 saturated carbocycles. The van der Waals surface area contributed by atoms with Gasteiger partial charge in [-0.2, -0.15) is 0 Å². The molecule has 27 heavy (non-hydrogen) atoms. The summed E-state index contributed by atoms with van der Waals surface area (Å²) in [5, 5.41) is 5.18. The molecule has 0 atom stereocenters. The zero-order valence-electron chi connectivity index (χ0n) is 15.8. The maximum Gasteiger partial charge on any atom is 0.273 e. The zero-order valence-corrected chi connectivity index (χ0v) is 16.6. The first-order chi connectivity index (χ1) is 12.9. The minimum atomic E-state index is -0.755. The molecule has 0 unspecified atom stereocenters. The van der Waals surface area contributed by atoms with Crippen LogP contribution in [0.3, 0.4) is 0 Å². The number of nitrogens with one attached hydrogen (secondary N) is 1. The van der Waals surface area contributed by atoms with Gasteiger partial charge >= 0.3 is 0 Å². The molecular formula is C19H24N4O3S. The number of likely N-dealkylation sites (N-methyl/N-ethyl adjacent to an activating group) is 1. The molecule has 0 spiro atoms. The van der Waals surface area contributed by atoms with Crippen LogP contribution < -0.4 is 10.1 Å². The number of rotatable bonds is 5. The van der Waals surface area contributed by atoms with E-state index in [1.165, 1.54) is 11.3 Å². The normalized spacial score (nSPS) is 15.9. The molecule has 2 aromatic rings. The molecule has 144 valence electrons. The summed E-state index contributed by atoms with van der Waals surface area (Å²) >= 11 is 1.40. The number of carbonyl (C=O) groups is 2. The van der Waals surface area contributed by atoms with Crippen molar-refractivity contribution in [3.05, 3.63) is 40.8 Å². The molecule has 3 rings (SSSR count). The molecular weight excluding hydrogens is 364 g/mol. The summed E-state index contributed by atoms with van der Waals surface area (Å²) in [5.74, 6) is 0.651. The highest BCUT2D eigenvalue weighted by molar-refractivity contribution is 7.07. The molecule has 1 saturated heterocycles. The molecule has 0 radical (unpaired) electrons. The molecule has 1 N–H and O–H groups in total. The molecule has 1 aromatic carbocycles. The first kappa shape index (κ1) is 19.2. The van der Waals surface area contributed by atoms with E-state index in [9.17, 15) is 9.59 Å². The summed E-state index contributed by atoms with van der Waals surface area (Å²) in [7, 11) is 5.12. The maximum atomic E-state index is 13.0. The lowest BCUT2D eigenvalue weighted by molar-refractivity contribution is -0.135. The summed E-state index contributed by atoms with van der Waals surface area (Å²) in [4.78, 5) is 33.0. The molecule has 8 heteroatoms. The predicted octanol–water partition coefficient (Wildman–Crippen LogP) is 2.33. The van der Waals surface area contributed by atoms with Crippen molar-refractivity contribution in [3.8, 4) is 5.75 Å². The van der Waals surface area contributed by atoms with Gasteiger partial charge in [0.25, 0.3) is 5.91 Å². The number of carbonyl (C=O) groups excluding carboxylic acids is 2. The first-order valence-corrected chi connectivity index (χ1v) is 9.71. The Kier molecular flexibility index (Phi) is 5.65. The van der Waals surface area contributed by atoms with Crippen molar-refractivity contribution >= 4 is 28.8 Å². The lowest BCUT2D eigenvalue weighted by Gasteiger charge is -2.42. The molecule has 1 aliphatic rings. The molecule has 2 heterocycles. The van der Waals surface area contributed by atoms with Gasteiger partial charge in [0, 0.05) is 44.3 Å². The largest absolute Gasteiger partial charge is 0.497 e. The minimum Gasteiger partial charge on any atom is -0.497 e. The zero-order chi connectivity index (χ0) is 19.4. The predicted molar refractivity (Wildman–Crippen MR) is 105 cm³/mol. The Bertz CT molecular complexity index is 799. The Balaban J connectivity index is 1.79. The first-order valence-electron chi connectivity index (χ1n) is 8.77. The third-order valence-electron chi connectivity index (χ3n) is 4.82. The monoisotopic (exact) mass is 388 g/mol. The fourth-order valence-electron chi connectivity index (χ4n) is 3.37. The molecule has 0 aliphatic carbocycles. The molecule has 0 bridgehead atoms. The van der Waals surface area contributed by atoms with E-state index < -0.39 is 5.54 Å². The minimum absolute atomic E-state index is 0.00563. The number of anilines is 1. The number of hydrogen-bond acceptors (Lipinski definition) is 6. The molecule has 7 nitrogen and oxygen atoms in total. The van der Waals surface area contributed by atoms with E-state index >= 15 is 0 Å². The molecule has 1 fully saturated rings. The fraction of sp³-hybridized carbons (Fsp3) is 0.421. The number of thiazole rings is 1. The number of piperidine rings is 1. The van der Waals surface area contributed by atoms with Crippen molar-refractivity contribution in [1.82, 2.24) is 14.8 Å². The van der Waals surface area contributed by atoms with Crippen LogP contribution in [-0.2, 0) is 4.79 Å². The van der Waals surface area contributed by atoms with Gasteiger partial charge < -0.3 is 19.9 Å². The highest BCUT2D eigenvalue weighted by Gasteiger charge is 2.43. The summed E-state index contributed by atoms with van der Waals surface area (Å²) < 4.78 is 5.28. The van der Waals surface area contributed by atoms with Crippen molar-refractivity contribution in [3.63, 3.8) is 0 Å². The lowest BCUT2D eigenvalue weighted by Crippen LogP contribution is -2.58. The Morgan fingerprint density at radius 2 is 2.04 bits per heavy atom. The van der Waals surface area contributed by atoms with Gasteiger partial charge in [-0.1, -0.05) is 6.07 Å². The summed E-state index contributed by atoms with van der Waals surface area (Å²) in [6, 6.07) is 7.54. The van der Waals surface area contributed by atoms with Crippen molar-refractivity contribution in [2.24, 2.45) is 0 Å². The molecule has 2 amide bonds. The van der Waals surface area contributed by atoms with Crippen LogP contribution in [0.15, 0.2) is 35.2 Å². The fourth-order valence-corrected chi connectivity index (χ4v) is 3.90. The van der Waals surface area contributed by atoms with Gasteiger partial charge in [-0.25, -0.2) is 4.98 Å². The average molecular weight is 388 g/mol. The second-order valence-electron chi connectivity index (χ2n) is 6.80. The number of benzene rings is 1.